The van der Waals surface area contributed by atoms with E-state index in [-0.39, 0.29) is 11.1 Å². The number of esters is 2. The molecule has 1 heterocycles. The molecule has 0 radical (unpaired) electrons. The van der Waals surface area contributed by atoms with E-state index in [2.05, 4.69) is 25.4 Å². The fourth-order valence-corrected chi connectivity index (χ4v) is 3.13. The first kappa shape index (κ1) is 16.5. The van der Waals surface area contributed by atoms with Crippen molar-refractivity contribution in [2.45, 2.75) is 6.61 Å². The molecule has 0 fully saturated rings. The highest BCUT2D eigenvalue weighted by Gasteiger charge is 2.19. The summed E-state index contributed by atoms with van der Waals surface area (Å²) >= 11 is 4.93. The predicted octanol–water partition coefficient (Wildman–Crippen LogP) is 3.66. The van der Waals surface area contributed by atoms with E-state index in [1.807, 2.05) is 11.4 Å². The predicted molar refractivity (Wildman–Crippen MR) is 85.5 cm³/mol. The molecule has 2 rings (SSSR count). The molecule has 0 aliphatic heterocycles. The van der Waals surface area contributed by atoms with E-state index < -0.39 is 11.9 Å². The first-order chi connectivity index (χ1) is 10.5. The maximum absolute atomic E-state index is 11.8. The molecule has 0 amide bonds. The Morgan fingerprint density at radius 3 is 2.36 bits per heavy atom. The molecule has 0 aliphatic carbocycles. The molecule has 0 atom stereocenters. The lowest BCUT2D eigenvalue weighted by Gasteiger charge is -2.10. The highest BCUT2D eigenvalue weighted by molar-refractivity contribution is 9.10. The Morgan fingerprint density at radius 1 is 1.09 bits per heavy atom. The second kappa shape index (κ2) is 7.42. The highest BCUT2D eigenvalue weighted by atomic mass is 79.9. The molecule has 7 heteroatoms. The van der Waals surface area contributed by atoms with Crippen LogP contribution in [0, 0.1) is 0 Å². The summed E-state index contributed by atoms with van der Waals surface area (Å²) in [5.41, 5.74) is 0.250. The SMILES string of the molecule is COC(=O)c1ccc(OCc2cc(Br)cs2)cc1C(=O)OC. The molecule has 0 unspecified atom stereocenters. The third kappa shape index (κ3) is 3.86. The van der Waals surface area contributed by atoms with Gasteiger partial charge in [-0.05, 0) is 40.2 Å². The zero-order valence-electron chi connectivity index (χ0n) is 11.9. The lowest BCUT2D eigenvalue weighted by molar-refractivity contribution is 0.0555. The van der Waals surface area contributed by atoms with Crippen LogP contribution in [-0.2, 0) is 16.1 Å². The fourth-order valence-electron chi connectivity index (χ4n) is 1.76. The summed E-state index contributed by atoms with van der Waals surface area (Å²) in [6.07, 6.45) is 0. The smallest absolute Gasteiger partial charge is 0.338 e. The maximum atomic E-state index is 11.8. The summed E-state index contributed by atoms with van der Waals surface area (Å²) in [5.74, 6) is -0.753. The van der Waals surface area contributed by atoms with Crippen LogP contribution in [0.3, 0.4) is 0 Å². The standard InChI is InChI=1S/C15H13BrO5S/c1-19-14(17)12-4-3-10(6-13(12)15(18)20-2)21-7-11-5-9(16)8-22-11/h3-6,8H,7H2,1-2H3. The van der Waals surface area contributed by atoms with E-state index in [1.165, 1.54) is 26.4 Å². The number of rotatable bonds is 5. The van der Waals surface area contributed by atoms with Gasteiger partial charge < -0.3 is 14.2 Å². The van der Waals surface area contributed by atoms with Crippen molar-refractivity contribution in [3.8, 4) is 5.75 Å². The minimum absolute atomic E-state index is 0.110. The Balaban J connectivity index is 2.22. The van der Waals surface area contributed by atoms with E-state index in [0.29, 0.717) is 12.4 Å². The number of ether oxygens (including phenoxy) is 3. The van der Waals surface area contributed by atoms with Crippen LogP contribution in [-0.4, -0.2) is 26.2 Å². The van der Waals surface area contributed by atoms with Gasteiger partial charge in [0.1, 0.15) is 12.4 Å². The number of methoxy groups -OCH3 is 2. The average molecular weight is 385 g/mol. The van der Waals surface area contributed by atoms with Gasteiger partial charge in [0.2, 0.25) is 0 Å². The molecule has 1 aromatic heterocycles. The van der Waals surface area contributed by atoms with Crippen LogP contribution >= 0.6 is 27.3 Å². The van der Waals surface area contributed by atoms with Crippen molar-refractivity contribution in [2.24, 2.45) is 0 Å². The van der Waals surface area contributed by atoms with E-state index in [1.54, 1.807) is 17.4 Å². The largest absolute Gasteiger partial charge is 0.488 e. The minimum atomic E-state index is -0.621. The molecule has 2 aromatic rings. The molecule has 0 N–H and O–H groups in total. The maximum Gasteiger partial charge on any atom is 0.338 e. The van der Waals surface area contributed by atoms with Gasteiger partial charge in [0, 0.05) is 14.7 Å². The van der Waals surface area contributed by atoms with Gasteiger partial charge in [0.05, 0.1) is 25.3 Å². The summed E-state index contributed by atoms with van der Waals surface area (Å²) in [7, 11) is 2.50. The Bertz CT molecular complexity index is 695. The van der Waals surface area contributed by atoms with Gasteiger partial charge in [0.15, 0.2) is 0 Å². The van der Waals surface area contributed by atoms with E-state index in [0.717, 1.165) is 9.35 Å². The van der Waals surface area contributed by atoms with Crippen molar-refractivity contribution in [3.63, 3.8) is 0 Å². The summed E-state index contributed by atoms with van der Waals surface area (Å²) in [5, 5.41) is 1.96. The topological polar surface area (TPSA) is 61.8 Å². The lowest BCUT2D eigenvalue weighted by atomic mass is 10.1. The van der Waals surface area contributed by atoms with Gasteiger partial charge in [-0.1, -0.05) is 0 Å². The summed E-state index contributed by atoms with van der Waals surface area (Å²) in [6, 6.07) is 6.52. The third-order valence-electron chi connectivity index (χ3n) is 2.80. The second-order valence-electron chi connectivity index (χ2n) is 4.21. The Labute approximate surface area is 139 Å². The molecule has 22 heavy (non-hydrogen) atoms. The zero-order chi connectivity index (χ0) is 16.1. The van der Waals surface area contributed by atoms with Gasteiger partial charge in [-0.2, -0.15) is 0 Å². The number of carbonyl (C=O) groups excluding carboxylic acids is 2. The van der Waals surface area contributed by atoms with Crippen LogP contribution in [0.1, 0.15) is 25.6 Å². The third-order valence-corrected chi connectivity index (χ3v) is 4.48. The van der Waals surface area contributed by atoms with Crippen LogP contribution < -0.4 is 4.74 Å². The average Bonchev–Trinajstić information content (AvgIpc) is 2.96. The van der Waals surface area contributed by atoms with Crippen molar-refractivity contribution < 1.29 is 23.8 Å². The molecule has 0 saturated heterocycles. The molecule has 5 nitrogen and oxygen atoms in total. The minimum Gasteiger partial charge on any atom is -0.488 e. The van der Waals surface area contributed by atoms with Crippen LogP contribution in [0.25, 0.3) is 0 Å². The monoisotopic (exact) mass is 384 g/mol. The lowest BCUT2D eigenvalue weighted by Crippen LogP contribution is -2.12. The van der Waals surface area contributed by atoms with Crippen LogP contribution in [0.15, 0.2) is 34.1 Å². The van der Waals surface area contributed by atoms with Gasteiger partial charge in [-0.25, -0.2) is 9.59 Å². The van der Waals surface area contributed by atoms with E-state index in [4.69, 9.17) is 4.74 Å². The number of halogens is 1. The molecular formula is C15H13BrO5S. The molecule has 0 bridgehead atoms. The molecule has 0 aliphatic rings. The number of thiophene rings is 1. The first-order valence-corrected chi connectivity index (χ1v) is 7.88. The normalized spacial score (nSPS) is 10.1. The second-order valence-corrected chi connectivity index (χ2v) is 6.12. The van der Waals surface area contributed by atoms with Crippen molar-refractivity contribution >= 4 is 39.2 Å². The number of hydrogen-bond acceptors (Lipinski definition) is 6. The van der Waals surface area contributed by atoms with Crippen molar-refractivity contribution in [2.75, 3.05) is 14.2 Å². The molecule has 1 aromatic carbocycles. The van der Waals surface area contributed by atoms with Crippen LogP contribution in [0.4, 0.5) is 0 Å². The van der Waals surface area contributed by atoms with Gasteiger partial charge in [-0.15, -0.1) is 11.3 Å². The van der Waals surface area contributed by atoms with E-state index >= 15 is 0 Å². The Kier molecular flexibility index (Phi) is 5.57. The quantitative estimate of drug-likeness (QED) is 0.736. The van der Waals surface area contributed by atoms with Gasteiger partial charge >= 0.3 is 11.9 Å². The van der Waals surface area contributed by atoms with Gasteiger partial charge in [-0.3, -0.25) is 0 Å². The van der Waals surface area contributed by atoms with Crippen LogP contribution in [0.5, 0.6) is 5.75 Å². The number of benzene rings is 1. The molecule has 116 valence electrons. The molecular weight excluding hydrogens is 372 g/mol. The first-order valence-electron chi connectivity index (χ1n) is 6.21. The van der Waals surface area contributed by atoms with Crippen molar-refractivity contribution in [1.29, 1.82) is 0 Å². The van der Waals surface area contributed by atoms with Crippen LogP contribution in [0.2, 0.25) is 0 Å². The zero-order valence-corrected chi connectivity index (χ0v) is 14.3. The highest BCUT2D eigenvalue weighted by Crippen LogP contribution is 2.24. The number of hydrogen-bond donors (Lipinski definition) is 0. The molecule has 0 spiro atoms. The van der Waals surface area contributed by atoms with Crippen molar-refractivity contribution in [1.82, 2.24) is 0 Å². The van der Waals surface area contributed by atoms with Gasteiger partial charge in [0.25, 0.3) is 0 Å². The van der Waals surface area contributed by atoms with Crippen molar-refractivity contribution in [3.05, 3.63) is 50.1 Å². The number of carbonyl (C=O) groups is 2. The summed E-state index contributed by atoms with van der Waals surface area (Å²) < 4.78 is 16.0. The fraction of sp³-hybridized carbons (Fsp3) is 0.200. The summed E-state index contributed by atoms with van der Waals surface area (Å²) in [4.78, 5) is 24.5. The summed E-state index contributed by atoms with van der Waals surface area (Å²) in [6.45, 7) is 0.369. The van der Waals surface area contributed by atoms with E-state index in [9.17, 15) is 9.59 Å². The Hall–Kier alpha value is -1.86. The molecule has 0 saturated carbocycles. The Morgan fingerprint density at radius 2 is 1.77 bits per heavy atom.